The van der Waals surface area contributed by atoms with Crippen molar-refractivity contribution < 1.29 is 9.32 Å². The van der Waals surface area contributed by atoms with Crippen LogP contribution in [-0.2, 0) is 0 Å². The Balaban J connectivity index is 1.55. The molecule has 0 aromatic carbocycles. The molecule has 1 aliphatic heterocycles. The molecule has 0 bridgehead atoms. The van der Waals surface area contributed by atoms with Gasteiger partial charge >= 0.3 is 0 Å². The van der Waals surface area contributed by atoms with Crippen molar-refractivity contribution in [1.82, 2.24) is 25.3 Å². The van der Waals surface area contributed by atoms with Gasteiger partial charge in [-0.3, -0.25) is 4.79 Å². The summed E-state index contributed by atoms with van der Waals surface area (Å²) in [6.45, 7) is 9.81. The van der Waals surface area contributed by atoms with E-state index in [4.69, 9.17) is 4.52 Å². The lowest BCUT2D eigenvalue weighted by Gasteiger charge is -2.32. The molecule has 0 radical (unpaired) electrons. The Morgan fingerprint density at radius 2 is 2.04 bits per heavy atom. The maximum atomic E-state index is 12.5. The van der Waals surface area contributed by atoms with Gasteiger partial charge in [-0.2, -0.15) is 0 Å². The molecular weight excluding hydrogens is 306 g/mol. The molecular formula is C17H25N5O2. The first-order valence-electron chi connectivity index (χ1n) is 8.47. The number of amides is 1. The molecule has 3 rings (SSSR count). The van der Waals surface area contributed by atoms with Crippen LogP contribution in [0, 0.1) is 13.8 Å². The Morgan fingerprint density at radius 3 is 2.79 bits per heavy atom. The lowest BCUT2D eigenvalue weighted by molar-refractivity contribution is 0.0951. The summed E-state index contributed by atoms with van der Waals surface area (Å²) in [6, 6.07) is 1.79. The Kier molecular flexibility index (Phi) is 5.11. The maximum Gasteiger partial charge on any atom is 0.258 e. The predicted octanol–water partition coefficient (Wildman–Crippen LogP) is 1.21. The van der Waals surface area contributed by atoms with Crippen LogP contribution in [0.5, 0.6) is 0 Å². The highest BCUT2D eigenvalue weighted by molar-refractivity contribution is 6.05. The second kappa shape index (κ2) is 7.27. The van der Waals surface area contributed by atoms with Gasteiger partial charge in [-0.15, -0.1) is 0 Å². The summed E-state index contributed by atoms with van der Waals surface area (Å²) < 4.78 is 5.18. The second-order valence-corrected chi connectivity index (χ2v) is 6.51. The van der Waals surface area contributed by atoms with E-state index in [1.807, 2.05) is 13.8 Å². The lowest BCUT2D eigenvalue weighted by Crippen LogP contribution is -2.45. The van der Waals surface area contributed by atoms with Gasteiger partial charge in [0.2, 0.25) is 0 Å². The van der Waals surface area contributed by atoms with Crippen LogP contribution < -0.4 is 5.32 Å². The molecule has 2 aromatic rings. The van der Waals surface area contributed by atoms with Crippen molar-refractivity contribution >= 4 is 17.0 Å². The van der Waals surface area contributed by atoms with Crippen LogP contribution >= 0.6 is 0 Å². The van der Waals surface area contributed by atoms with Crippen molar-refractivity contribution in [2.75, 3.05) is 46.3 Å². The monoisotopic (exact) mass is 331 g/mol. The largest absolute Gasteiger partial charge is 0.352 e. The number of pyridine rings is 1. The molecule has 7 nitrogen and oxygen atoms in total. The van der Waals surface area contributed by atoms with E-state index in [9.17, 15) is 4.79 Å². The van der Waals surface area contributed by atoms with E-state index in [1.54, 1.807) is 6.07 Å². The number of aromatic nitrogens is 2. The zero-order chi connectivity index (χ0) is 17.1. The van der Waals surface area contributed by atoms with Gasteiger partial charge in [0.25, 0.3) is 11.6 Å². The van der Waals surface area contributed by atoms with Crippen LogP contribution in [0.3, 0.4) is 0 Å². The van der Waals surface area contributed by atoms with Gasteiger partial charge in [-0.1, -0.05) is 5.16 Å². The molecule has 1 aliphatic rings. The van der Waals surface area contributed by atoms with Crippen molar-refractivity contribution in [3.8, 4) is 0 Å². The van der Waals surface area contributed by atoms with Crippen LogP contribution in [-0.4, -0.2) is 72.2 Å². The average Bonchev–Trinajstić information content (AvgIpc) is 2.93. The molecule has 0 aliphatic carbocycles. The fourth-order valence-corrected chi connectivity index (χ4v) is 3.07. The predicted molar refractivity (Wildman–Crippen MR) is 92.2 cm³/mol. The molecule has 7 heteroatoms. The van der Waals surface area contributed by atoms with E-state index < -0.39 is 0 Å². The van der Waals surface area contributed by atoms with Crippen molar-refractivity contribution in [2.24, 2.45) is 0 Å². The fourth-order valence-electron chi connectivity index (χ4n) is 3.07. The normalized spacial score (nSPS) is 16.6. The molecule has 1 amide bonds. The molecule has 0 unspecified atom stereocenters. The van der Waals surface area contributed by atoms with Gasteiger partial charge in [0.05, 0.1) is 16.6 Å². The third-order valence-electron chi connectivity index (χ3n) is 4.52. The minimum atomic E-state index is -0.0878. The molecule has 2 aromatic heterocycles. The summed E-state index contributed by atoms with van der Waals surface area (Å²) in [5.41, 5.74) is 2.47. The van der Waals surface area contributed by atoms with Crippen LogP contribution in [0.4, 0.5) is 0 Å². The number of likely N-dealkylation sites (N-methyl/N-ethyl adjacent to an activating group) is 1. The highest BCUT2D eigenvalue weighted by atomic mass is 16.5. The van der Waals surface area contributed by atoms with Crippen LogP contribution in [0.15, 0.2) is 10.6 Å². The first kappa shape index (κ1) is 16.9. The summed E-state index contributed by atoms with van der Waals surface area (Å²) in [4.78, 5) is 21.6. The third kappa shape index (κ3) is 3.73. The second-order valence-electron chi connectivity index (χ2n) is 6.51. The number of carbonyl (C=O) groups excluding carboxylic acids is 1. The van der Waals surface area contributed by atoms with E-state index in [-0.39, 0.29) is 5.91 Å². The fraction of sp³-hybridized carbons (Fsp3) is 0.588. The summed E-state index contributed by atoms with van der Waals surface area (Å²) in [5.74, 6) is -0.0878. The summed E-state index contributed by atoms with van der Waals surface area (Å²) in [7, 11) is 2.15. The molecule has 3 heterocycles. The minimum Gasteiger partial charge on any atom is -0.352 e. The standard InChI is InChI=1S/C17H25N5O2/c1-12-11-14(15-13(2)20-24-17(15)19-12)16(23)18-5-4-6-22-9-7-21(3)8-10-22/h11H,4-10H2,1-3H3,(H,18,23). The first-order chi connectivity index (χ1) is 11.5. The number of rotatable bonds is 5. The van der Waals surface area contributed by atoms with Gasteiger partial charge in [0.15, 0.2) is 0 Å². The molecule has 24 heavy (non-hydrogen) atoms. The van der Waals surface area contributed by atoms with Crippen LogP contribution in [0.25, 0.3) is 11.1 Å². The molecule has 1 saturated heterocycles. The first-order valence-corrected chi connectivity index (χ1v) is 8.47. The van der Waals surface area contributed by atoms with E-state index in [0.717, 1.165) is 44.8 Å². The molecule has 0 spiro atoms. The van der Waals surface area contributed by atoms with Gasteiger partial charge < -0.3 is 19.6 Å². The number of hydrogen-bond acceptors (Lipinski definition) is 6. The molecule has 1 N–H and O–H groups in total. The van der Waals surface area contributed by atoms with Crippen molar-refractivity contribution in [3.05, 3.63) is 23.0 Å². The van der Waals surface area contributed by atoms with E-state index >= 15 is 0 Å². The summed E-state index contributed by atoms with van der Waals surface area (Å²) in [5, 5.41) is 7.63. The Bertz CT molecular complexity index is 719. The van der Waals surface area contributed by atoms with E-state index in [1.165, 1.54) is 0 Å². The van der Waals surface area contributed by atoms with Crippen molar-refractivity contribution in [3.63, 3.8) is 0 Å². The number of hydrogen-bond donors (Lipinski definition) is 1. The Hall–Kier alpha value is -1.99. The van der Waals surface area contributed by atoms with Crippen molar-refractivity contribution in [1.29, 1.82) is 0 Å². The highest BCUT2D eigenvalue weighted by Gasteiger charge is 2.18. The van der Waals surface area contributed by atoms with E-state index in [2.05, 4.69) is 32.3 Å². The van der Waals surface area contributed by atoms with E-state index in [0.29, 0.717) is 28.9 Å². The van der Waals surface area contributed by atoms with Gasteiger partial charge in [0, 0.05) is 38.4 Å². The summed E-state index contributed by atoms with van der Waals surface area (Å²) >= 11 is 0. The van der Waals surface area contributed by atoms with Gasteiger partial charge in [-0.25, -0.2) is 4.98 Å². The minimum absolute atomic E-state index is 0.0878. The SMILES string of the molecule is Cc1cc(C(=O)NCCCN2CCN(C)CC2)c2c(C)noc2n1. The molecule has 0 saturated carbocycles. The smallest absolute Gasteiger partial charge is 0.258 e. The topological polar surface area (TPSA) is 74.5 Å². The number of fused-ring (bicyclic) bond motifs is 1. The van der Waals surface area contributed by atoms with Gasteiger partial charge in [0.1, 0.15) is 0 Å². The molecule has 130 valence electrons. The average molecular weight is 331 g/mol. The lowest BCUT2D eigenvalue weighted by atomic mass is 10.1. The van der Waals surface area contributed by atoms with Crippen LogP contribution in [0.2, 0.25) is 0 Å². The maximum absolute atomic E-state index is 12.5. The summed E-state index contributed by atoms with van der Waals surface area (Å²) in [6.07, 6.45) is 0.950. The number of nitrogens with one attached hydrogen (secondary N) is 1. The number of nitrogens with zero attached hydrogens (tertiary/aromatic N) is 4. The number of piperazine rings is 1. The molecule has 0 atom stereocenters. The zero-order valence-electron chi connectivity index (χ0n) is 14.6. The third-order valence-corrected chi connectivity index (χ3v) is 4.52. The highest BCUT2D eigenvalue weighted by Crippen LogP contribution is 2.21. The van der Waals surface area contributed by atoms with Crippen LogP contribution in [0.1, 0.15) is 28.2 Å². The number of carbonyl (C=O) groups is 1. The quantitative estimate of drug-likeness (QED) is 0.830. The Labute approximate surface area is 142 Å². The zero-order valence-corrected chi connectivity index (χ0v) is 14.6. The van der Waals surface area contributed by atoms with Gasteiger partial charge in [-0.05, 0) is 39.9 Å². The number of aryl methyl sites for hydroxylation is 2. The Morgan fingerprint density at radius 1 is 1.29 bits per heavy atom. The molecule has 1 fully saturated rings. The van der Waals surface area contributed by atoms with Crippen molar-refractivity contribution in [2.45, 2.75) is 20.3 Å².